The quantitative estimate of drug-likeness (QED) is 0.819. The number of nitrogens with zero attached hydrogens (tertiary/aromatic N) is 1. The molecule has 0 aliphatic heterocycles. The summed E-state index contributed by atoms with van der Waals surface area (Å²) in [7, 11) is 0. The van der Waals surface area contributed by atoms with Crippen LogP contribution in [-0.4, -0.2) is 32.2 Å². The molecule has 7 heteroatoms. The first-order chi connectivity index (χ1) is 7.91. The summed E-state index contributed by atoms with van der Waals surface area (Å²) in [6.45, 7) is 1.36. The number of rotatable bonds is 4. The van der Waals surface area contributed by atoms with Crippen LogP contribution in [0.4, 0.5) is 4.39 Å². The molecule has 0 saturated heterocycles. The summed E-state index contributed by atoms with van der Waals surface area (Å²) in [6.07, 6.45) is -1.31. The summed E-state index contributed by atoms with van der Waals surface area (Å²) in [4.78, 5) is 14.0. The van der Waals surface area contributed by atoms with Crippen LogP contribution in [0, 0.1) is 5.95 Å². The maximum absolute atomic E-state index is 12.8. The number of aliphatic hydroxyl groups is 2. The van der Waals surface area contributed by atoms with Crippen molar-refractivity contribution in [1.29, 1.82) is 0 Å². The van der Waals surface area contributed by atoms with Crippen molar-refractivity contribution in [2.45, 2.75) is 19.1 Å². The second kappa shape index (κ2) is 6.30. The predicted octanol–water partition coefficient (Wildman–Crippen LogP) is 1.55. The van der Waals surface area contributed by atoms with Crippen molar-refractivity contribution in [1.82, 2.24) is 4.98 Å². The van der Waals surface area contributed by atoms with Crippen molar-refractivity contribution >= 4 is 28.5 Å². The van der Waals surface area contributed by atoms with Gasteiger partial charge < -0.3 is 10.2 Å². The van der Waals surface area contributed by atoms with Crippen molar-refractivity contribution in [3.63, 3.8) is 0 Å². The van der Waals surface area contributed by atoms with E-state index in [1.165, 1.54) is 13.0 Å². The maximum Gasteiger partial charge on any atom is 0.231 e. The van der Waals surface area contributed by atoms with E-state index in [1.54, 1.807) is 0 Å². The van der Waals surface area contributed by atoms with E-state index in [1.807, 2.05) is 0 Å². The van der Waals surface area contributed by atoms with Crippen LogP contribution in [0.2, 0.25) is 5.02 Å². The molecule has 0 spiro atoms. The molecule has 0 radical (unpaired) electrons. The van der Waals surface area contributed by atoms with Gasteiger partial charge in [0, 0.05) is 24.4 Å². The molecule has 4 nitrogen and oxygen atoms in total. The molecule has 1 heterocycles. The van der Waals surface area contributed by atoms with Gasteiger partial charge >= 0.3 is 0 Å². The van der Waals surface area contributed by atoms with Crippen LogP contribution in [0.3, 0.4) is 0 Å². The van der Waals surface area contributed by atoms with E-state index >= 15 is 0 Å². The maximum atomic E-state index is 12.8. The molecule has 2 unspecified atom stereocenters. The third kappa shape index (κ3) is 4.23. The molecular formula is C10H11ClFNO3S. The van der Waals surface area contributed by atoms with Gasteiger partial charge in [-0.15, -0.1) is 0 Å². The average molecular weight is 280 g/mol. The van der Waals surface area contributed by atoms with Crippen LogP contribution in [0.15, 0.2) is 12.3 Å². The van der Waals surface area contributed by atoms with E-state index in [2.05, 4.69) is 4.98 Å². The summed E-state index contributed by atoms with van der Waals surface area (Å²) in [5.41, 5.74) is 0.202. The summed E-state index contributed by atoms with van der Waals surface area (Å²) >= 11 is 6.39. The highest BCUT2D eigenvalue weighted by molar-refractivity contribution is 8.13. The molecule has 2 atom stereocenters. The molecule has 0 aliphatic carbocycles. The van der Waals surface area contributed by atoms with Crippen molar-refractivity contribution in [2.75, 3.05) is 5.75 Å². The number of carbonyl (C=O) groups excluding carboxylic acids is 1. The Morgan fingerprint density at radius 3 is 2.82 bits per heavy atom. The monoisotopic (exact) mass is 279 g/mol. The van der Waals surface area contributed by atoms with Gasteiger partial charge in [0.2, 0.25) is 5.95 Å². The van der Waals surface area contributed by atoms with Crippen molar-refractivity contribution < 1.29 is 19.4 Å². The van der Waals surface area contributed by atoms with E-state index in [0.717, 1.165) is 18.0 Å². The van der Waals surface area contributed by atoms with Crippen LogP contribution in [0.25, 0.3) is 0 Å². The first-order valence-electron chi connectivity index (χ1n) is 4.72. The number of pyridine rings is 1. The Morgan fingerprint density at radius 2 is 2.29 bits per heavy atom. The summed E-state index contributed by atoms with van der Waals surface area (Å²) in [5, 5.41) is 18.9. The number of aliphatic hydroxyl groups excluding tert-OH is 2. The van der Waals surface area contributed by atoms with Crippen LogP contribution in [-0.2, 0) is 4.79 Å². The zero-order valence-corrected chi connectivity index (χ0v) is 10.5. The Balaban J connectivity index is 2.70. The number of hydrogen-bond acceptors (Lipinski definition) is 5. The lowest BCUT2D eigenvalue weighted by Gasteiger charge is -2.17. The molecule has 1 rings (SSSR count). The molecule has 94 valence electrons. The zero-order chi connectivity index (χ0) is 13.0. The lowest BCUT2D eigenvalue weighted by Crippen LogP contribution is -2.21. The minimum atomic E-state index is -1.26. The van der Waals surface area contributed by atoms with Gasteiger partial charge in [0.1, 0.15) is 6.10 Å². The van der Waals surface area contributed by atoms with E-state index in [4.69, 9.17) is 11.6 Å². The van der Waals surface area contributed by atoms with Crippen LogP contribution >= 0.6 is 23.4 Å². The first-order valence-corrected chi connectivity index (χ1v) is 6.08. The van der Waals surface area contributed by atoms with Crippen LogP contribution in [0.1, 0.15) is 18.6 Å². The highest BCUT2D eigenvalue weighted by Crippen LogP contribution is 2.23. The topological polar surface area (TPSA) is 70.4 Å². The number of thioether (sulfide) groups is 1. The largest absolute Gasteiger partial charge is 0.389 e. The molecular weight excluding hydrogens is 269 g/mol. The number of carbonyl (C=O) groups is 1. The van der Waals surface area contributed by atoms with Gasteiger partial charge in [-0.05, 0) is 6.07 Å². The molecule has 0 aliphatic rings. The highest BCUT2D eigenvalue weighted by Gasteiger charge is 2.20. The Labute approximate surface area is 107 Å². The van der Waals surface area contributed by atoms with Crippen molar-refractivity contribution in [2.24, 2.45) is 0 Å². The molecule has 0 fully saturated rings. The molecule has 0 bridgehead atoms. The van der Waals surface area contributed by atoms with E-state index in [0.29, 0.717) is 0 Å². The van der Waals surface area contributed by atoms with Crippen molar-refractivity contribution in [3.05, 3.63) is 28.8 Å². The van der Waals surface area contributed by atoms with Gasteiger partial charge in [-0.3, -0.25) is 4.79 Å². The fraction of sp³-hybridized carbons (Fsp3) is 0.400. The molecule has 0 amide bonds. The SMILES string of the molecule is CC(=O)SCC(O)C(O)c1cnc(F)c(Cl)c1. The number of aromatic nitrogens is 1. The average Bonchev–Trinajstić information content (AvgIpc) is 2.28. The molecule has 17 heavy (non-hydrogen) atoms. The van der Waals surface area contributed by atoms with Gasteiger partial charge in [-0.2, -0.15) is 4.39 Å². The first kappa shape index (κ1) is 14.4. The lowest BCUT2D eigenvalue weighted by molar-refractivity contribution is -0.109. The number of hydrogen-bond donors (Lipinski definition) is 2. The van der Waals surface area contributed by atoms with E-state index < -0.39 is 18.2 Å². The molecule has 0 saturated carbocycles. The van der Waals surface area contributed by atoms with Crippen LogP contribution in [0.5, 0.6) is 0 Å². The van der Waals surface area contributed by atoms with E-state index in [9.17, 15) is 19.4 Å². The molecule has 0 aromatic carbocycles. The van der Waals surface area contributed by atoms with Gasteiger partial charge in [0.15, 0.2) is 5.12 Å². The second-order valence-electron chi connectivity index (χ2n) is 3.36. The summed E-state index contributed by atoms with van der Waals surface area (Å²) in [5.74, 6) is -0.791. The van der Waals surface area contributed by atoms with Gasteiger partial charge in [-0.25, -0.2) is 4.98 Å². The summed E-state index contributed by atoms with van der Waals surface area (Å²) in [6, 6.07) is 1.19. The Hall–Kier alpha value is -0.690. The summed E-state index contributed by atoms with van der Waals surface area (Å²) < 4.78 is 12.8. The third-order valence-electron chi connectivity index (χ3n) is 1.98. The minimum Gasteiger partial charge on any atom is -0.389 e. The molecule has 1 aromatic heterocycles. The molecule has 1 aromatic rings. The number of halogens is 2. The van der Waals surface area contributed by atoms with Crippen molar-refractivity contribution in [3.8, 4) is 0 Å². The Bertz CT molecular complexity index is 419. The normalized spacial score (nSPS) is 14.4. The Kier molecular flexibility index (Phi) is 5.32. The van der Waals surface area contributed by atoms with Gasteiger partial charge in [0.05, 0.1) is 11.1 Å². The minimum absolute atomic E-state index is 0.0471. The van der Waals surface area contributed by atoms with Crippen LogP contribution < -0.4 is 0 Å². The fourth-order valence-electron chi connectivity index (χ4n) is 1.11. The highest BCUT2D eigenvalue weighted by atomic mass is 35.5. The smallest absolute Gasteiger partial charge is 0.231 e. The predicted molar refractivity (Wildman–Crippen MR) is 63.3 cm³/mol. The third-order valence-corrected chi connectivity index (χ3v) is 3.16. The Morgan fingerprint density at radius 1 is 1.65 bits per heavy atom. The second-order valence-corrected chi connectivity index (χ2v) is 4.96. The van der Waals surface area contributed by atoms with Gasteiger partial charge in [-0.1, -0.05) is 23.4 Å². The fourth-order valence-corrected chi connectivity index (χ4v) is 1.88. The lowest BCUT2D eigenvalue weighted by atomic mass is 10.1. The molecule has 2 N–H and O–H groups in total. The zero-order valence-electron chi connectivity index (χ0n) is 8.93. The van der Waals surface area contributed by atoms with E-state index in [-0.39, 0.29) is 21.5 Å². The standard InChI is InChI=1S/C10H11ClFNO3S/c1-5(14)17-4-8(15)9(16)6-2-7(11)10(12)13-3-6/h2-3,8-9,15-16H,4H2,1H3. The van der Waals surface area contributed by atoms with Gasteiger partial charge in [0.25, 0.3) is 0 Å².